The zero-order valence-electron chi connectivity index (χ0n) is 12.2. The van der Waals surface area contributed by atoms with Crippen molar-refractivity contribution in [3.8, 4) is 0 Å². The molecule has 1 saturated heterocycles. The number of ether oxygens (including phenoxy) is 4. The summed E-state index contributed by atoms with van der Waals surface area (Å²) in [4.78, 5) is 12.1. The van der Waals surface area contributed by atoms with Gasteiger partial charge in [0, 0.05) is 27.6 Å². The number of carbonyl (C=O) groups excluding carboxylic acids is 1. The third-order valence-corrected chi connectivity index (χ3v) is 3.79. The molecule has 2 rings (SSSR count). The van der Waals surface area contributed by atoms with E-state index in [1.54, 1.807) is 13.8 Å². The molecule has 1 aliphatic rings. The molecular formula is C15H20O5. The van der Waals surface area contributed by atoms with Crippen LogP contribution in [0.2, 0.25) is 0 Å². The lowest BCUT2D eigenvalue weighted by Gasteiger charge is -2.47. The van der Waals surface area contributed by atoms with Crippen molar-refractivity contribution >= 4 is 5.97 Å². The maximum absolute atomic E-state index is 12.1. The standard InChI is InChI=1S/C15H20O5/c1-14(17-3)15(2,18-4)20-13(16)12(19-14)10-11-8-6-5-7-9-11/h5-9,12H,10H2,1-4H3/t12-,14+,15+/m1/s1. The monoisotopic (exact) mass is 280 g/mol. The molecule has 1 fully saturated rings. The summed E-state index contributed by atoms with van der Waals surface area (Å²) in [7, 11) is 2.95. The molecular weight excluding hydrogens is 260 g/mol. The minimum Gasteiger partial charge on any atom is -0.425 e. The Labute approximate surface area is 118 Å². The normalized spacial score (nSPS) is 33.8. The summed E-state index contributed by atoms with van der Waals surface area (Å²) in [6.07, 6.45) is -0.288. The fourth-order valence-electron chi connectivity index (χ4n) is 2.19. The van der Waals surface area contributed by atoms with Gasteiger partial charge in [0.05, 0.1) is 0 Å². The largest absolute Gasteiger partial charge is 0.425 e. The average molecular weight is 280 g/mol. The smallest absolute Gasteiger partial charge is 0.338 e. The number of cyclic esters (lactones) is 1. The lowest BCUT2D eigenvalue weighted by Crippen LogP contribution is -2.64. The van der Waals surface area contributed by atoms with Crippen molar-refractivity contribution in [3.05, 3.63) is 35.9 Å². The molecule has 5 nitrogen and oxygen atoms in total. The molecule has 1 aliphatic heterocycles. The number of benzene rings is 1. The second kappa shape index (κ2) is 5.52. The molecule has 5 heteroatoms. The second-order valence-corrected chi connectivity index (χ2v) is 5.02. The molecule has 0 bridgehead atoms. The third-order valence-electron chi connectivity index (χ3n) is 3.79. The van der Waals surface area contributed by atoms with Crippen LogP contribution in [0.1, 0.15) is 19.4 Å². The number of carbonyl (C=O) groups is 1. The Balaban J connectivity index is 2.19. The van der Waals surface area contributed by atoms with Gasteiger partial charge in [0.1, 0.15) is 0 Å². The summed E-state index contributed by atoms with van der Waals surface area (Å²) in [5.74, 6) is -2.88. The summed E-state index contributed by atoms with van der Waals surface area (Å²) in [5, 5.41) is 0. The van der Waals surface area contributed by atoms with Gasteiger partial charge in [-0.15, -0.1) is 0 Å². The number of hydrogen-bond acceptors (Lipinski definition) is 5. The summed E-state index contributed by atoms with van der Waals surface area (Å²) in [6.45, 7) is 3.31. The van der Waals surface area contributed by atoms with Gasteiger partial charge in [-0.2, -0.15) is 0 Å². The van der Waals surface area contributed by atoms with Gasteiger partial charge in [-0.1, -0.05) is 30.3 Å². The molecule has 20 heavy (non-hydrogen) atoms. The van der Waals surface area contributed by atoms with E-state index in [2.05, 4.69) is 0 Å². The van der Waals surface area contributed by atoms with Gasteiger partial charge in [-0.3, -0.25) is 0 Å². The van der Waals surface area contributed by atoms with E-state index in [1.807, 2.05) is 30.3 Å². The van der Waals surface area contributed by atoms with E-state index in [4.69, 9.17) is 18.9 Å². The molecule has 0 amide bonds. The fraction of sp³-hybridized carbons (Fsp3) is 0.533. The van der Waals surface area contributed by atoms with Crippen LogP contribution >= 0.6 is 0 Å². The van der Waals surface area contributed by atoms with E-state index in [0.717, 1.165) is 5.56 Å². The van der Waals surface area contributed by atoms with E-state index in [0.29, 0.717) is 6.42 Å². The Morgan fingerprint density at radius 3 is 2.25 bits per heavy atom. The maximum atomic E-state index is 12.1. The minimum absolute atomic E-state index is 0.429. The molecule has 0 spiro atoms. The highest BCUT2D eigenvalue weighted by molar-refractivity contribution is 5.76. The van der Waals surface area contributed by atoms with E-state index in [1.165, 1.54) is 14.2 Å². The van der Waals surface area contributed by atoms with E-state index >= 15 is 0 Å². The first-order valence-electron chi connectivity index (χ1n) is 6.49. The molecule has 0 aliphatic carbocycles. The van der Waals surface area contributed by atoms with E-state index < -0.39 is 23.6 Å². The molecule has 1 aromatic carbocycles. The topological polar surface area (TPSA) is 54.0 Å². The predicted octanol–water partition coefficient (Wildman–Crippen LogP) is 1.90. The highest BCUT2D eigenvalue weighted by Gasteiger charge is 2.57. The van der Waals surface area contributed by atoms with Gasteiger partial charge in [-0.05, 0) is 12.5 Å². The summed E-state index contributed by atoms with van der Waals surface area (Å²) < 4.78 is 21.9. The van der Waals surface area contributed by atoms with Crippen molar-refractivity contribution in [2.24, 2.45) is 0 Å². The van der Waals surface area contributed by atoms with Crippen LogP contribution in [0, 0.1) is 0 Å². The zero-order valence-corrected chi connectivity index (χ0v) is 12.2. The van der Waals surface area contributed by atoms with Gasteiger partial charge < -0.3 is 18.9 Å². The first kappa shape index (κ1) is 15.0. The van der Waals surface area contributed by atoms with E-state index in [-0.39, 0.29) is 0 Å². The van der Waals surface area contributed by atoms with Gasteiger partial charge >= 0.3 is 5.97 Å². The summed E-state index contributed by atoms with van der Waals surface area (Å²) in [5.41, 5.74) is 0.994. The van der Waals surface area contributed by atoms with Gasteiger partial charge in [0.25, 0.3) is 5.79 Å². The molecule has 1 heterocycles. The van der Waals surface area contributed by atoms with Crippen molar-refractivity contribution in [3.63, 3.8) is 0 Å². The van der Waals surface area contributed by atoms with Gasteiger partial charge in [0.15, 0.2) is 6.10 Å². The lowest BCUT2D eigenvalue weighted by molar-refractivity contribution is -0.405. The second-order valence-electron chi connectivity index (χ2n) is 5.02. The highest BCUT2D eigenvalue weighted by Crippen LogP contribution is 2.37. The van der Waals surface area contributed by atoms with Crippen molar-refractivity contribution in [2.45, 2.75) is 37.9 Å². The molecule has 0 N–H and O–H groups in total. The van der Waals surface area contributed by atoms with Crippen molar-refractivity contribution in [1.82, 2.24) is 0 Å². The van der Waals surface area contributed by atoms with Crippen molar-refractivity contribution < 1.29 is 23.7 Å². The van der Waals surface area contributed by atoms with Crippen LogP contribution in [0.15, 0.2) is 30.3 Å². The van der Waals surface area contributed by atoms with Crippen LogP contribution in [0.4, 0.5) is 0 Å². The first-order chi connectivity index (χ1) is 9.44. The van der Waals surface area contributed by atoms with Crippen LogP contribution in [-0.4, -0.2) is 37.9 Å². The van der Waals surface area contributed by atoms with Gasteiger partial charge in [0.2, 0.25) is 5.79 Å². The Kier molecular flexibility index (Phi) is 4.13. The Hall–Kier alpha value is -1.43. The average Bonchev–Trinajstić information content (AvgIpc) is 2.46. The fourth-order valence-corrected chi connectivity index (χ4v) is 2.19. The number of esters is 1. The predicted molar refractivity (Wildman–Crippen MR) is 71.9 cm³/mol. The van der Waals surface area contributed by atoms with Crippen LogP contribution in [0.25, 0.3) is 0 Å². The minimum atomic E-state index is -1.27. The summed E-state index contributed by atoms with van der Waals surface area (Å²) >= 11 is 0. The first-order valence-corrected chi connectivity index (χ1v) is 6.49. The van der Waals surface area contributed by atoms with Crippen LogP contribution in [-0.2, 0) is 30.2 Å². The Bertz CT molecular complexity index is 474. The number of hydrogen-bond donors (Lipinski definition) is 0. The molecule has 0 aromatic heterocycles. The van der Waals surface area contributed by atoms with Crippen molar-refractivity contribution in [1.29, 1.82) is 0 Å². The molecule has 110 valence electrons. The van der Waals surface area contributed by atoms with Gasteiger partial charge in [-0.25, -0.2) is 4.79 Å². The maximum Gasteiger partial charge on any atom is 0.338 e. The Morgan fingerprint density at radius 2 is 1.70 bits per heavy atom. The highest BCUT2D eigenvalue weighted by atomic mass is 16.8. The van der Waals surface area contributed by atoms with Crippen LogP contribution in [0.3, 0.4) is 0 Å². The lowest BCUT2D eigenvalue weighted by atomic mass is 10.0. The summed E-state index contributed by atoms with van der Waals surface area (Å²) in [6, 6.07) is 9.62. The quantitative estimate of drug-likeness (QED) is 0.788. The molecule has 0 radical (unpaired) electrons. The third kappa shape index (κ3) is 2.57. The molecule has 1 aromatic rings. The molecule has 0 saturated carbocycles. The van der Waals surface area contributed by atoms with Crippen LogP contribution < -0.4 is 0 Å². The van der Waals surface area contributed by atoms with Crippen molar-refractivity contribution in [2.75, 3.05) is 14.2 Å². The van der Waals surface area contributed by atoms with E-state index in [9.17, 15) is 4.79 Å². The molecule has 0 unspecified atom stereocenters. The zero-order chi connectivity index (χ0) is 14.8. The Morgan fingerprint density at radius 1 is 1.10 bits per heavy atom. The molecule has 3 atom stereocenters. The SMILES string of the molecule is CO[C@@]1(C)OC(=O)[C@@H](Cc2ccccc2)O[C@]1(C)OC. The number of rotatable bonds is 4. The number of methoxy groups -OCH3 is 2. The van der Waals surface area contributed by atoms with Crippen LogP contribution in [0.5, 0.6) is 0 Å².